The van der Waals surface area contributed by atoms with Crippen molar-refractivity contribution in [1.82, 2.24) is 0 Å². The molecule has 21 heavy (non-hydrogen) atoms. The molecule has 1 aliphatic rings. The number of aliphatic hydroxyl groups is 1. The zero-order valence-electron chi connectivity index (χ0n) is 12.4. The molecule has 1 aromatic carbocycles. The van der Waals surface area contributed by atoms with Crippen LogP contribution in [0.3, 0.4) is 0 Å². The van der Waals surface area contributed by atoms with E-state index in [0.717, 1.165) is 44.3 Å². The quantitative estimate of drug-likeness (QED) is 0.531. The molecular formula is C15H23N3O3. The van der Waals surface area contributed by atoms with Gasteiger partial charge in [0.25, 0.3) is 5.69 Å². The molecule has 6 heteroatoms. The molecule has 2 rings (SSSR count). The Bertz CT molecular complexity index is 499. The lowest BCUT2D eigenvalue weighted by Gasteiger charge is -2.23. The molecule has 0 spiro atoms. The first-order valence-electron chi connectivity index (χ1n) is 7.52. The molecule has 1 saturated carbocycles. The van der Waals surface area contributed by atoms with Gasteiger partial charge in [-0.05, 0) is 25.3 Å². The highest BCUT2D eigenvalue weighted by molar-refractivity contribution is 5.63. The fourth-order valence-electron chi connectivity index (χ4n) is 2.67. The first-order valence-corrected chi connectivity index (χ1v) is 7.52. The zero-order valence-corrected chi connectivity index (χ0v) is 12.4. The Labute approximate surface area is 124 Å². The normalized spacial score (nSPS) is 16.7. The molecule has 0 atom stereocenters. The van der Waals surface area contributed by atoms with Gasteiger partial charge in [0.15, 0.2) is 0 Å². The topological polar surface area (TPSA) is 87.4 Å². The summed E-state index contributed by atoms with van der Waals surface area (Å²) in [6, 6.07) is 4.89. The van der Waals surface area contributed by atoms with Crippen LogP contribution in [0.4, 0.5) is 17.1 Å². The minimum absolute atomic E-state index is 0.0528. The Morgan fingerprint density at radius 3 is 2.43 bits per heavy atom. The SMILES string of the molecule is CCCNc1cc(NCC2(O)CCCC2)cc([N+](=O)[O-])c1. The van der Waals surface area contributed by atoms with E-state index in [2.05, 4.69) is 10.6 Å². The van der Waals surface area contributed by atoms with Crippen LogP contribution in [-0.4, -0.2) is 28.7 Å². The number of benzene rings is 1. The van der Waals surface area contributed by atoms with Gasteiger partial charge in [-0.15, -0.1) is 0 Å². The highest BCUT2D eigenvalue weighted by Crippen LogP contribution is 2.31. The molecule has 0 heterocycles. The van der Waals surface area contributed by atoms with Crippen molar-refractivity contribution >= 4 is 17.1 Å². The molecule has 6 nitrogen and oxygen atoms in total. The summed E-state index contributed by atoms with van der Waals surface area (Å²) in [4.78, 5) is 10.6. The van der Waals surface area contributed by atoms with E-state index in [-0.39, 0.29) is 5.69 Å². The summed E-state index contributed by atoms with van der Waals surface area (Å²) in [5.41, 5.74) is 0.772. The Morgan fingerprint density at radius 2 is 1.86 bits per heavy atom. The second-order valence-corrected chi connectivity index (χ2v) is 5.74. The highest BCUT2D eigenvalue weighted by atomic mass is 16.6. The Morgan fingerprint density at radius 1 is 1.24 bits per heavy atom. The highest BCUT2D eigenvalue weighted by Gasteiger charge is 2.30. The predicted octanol–water partition coefficient (Wildman–Crippen LogP) is 3.13. The molecule has 0 aromatic heterocycles. The molecule has 0 radical (unpaired) electrons. The Balaban J connectivity index is 2.09. The summed E-state index contributed by atoms with van der Waals surface area (Å²) in [5.74, 6) is 0. The third-order valence-corrected chi connectivity index (χ3v) is 3.86. The molecule has 116 valence electrons. The van der Waals surface area contributed by atoms with Crippen LogP contribution < -0.4 is 10.6 Å². The van der Waals surface area contributed by atoms with Crippen molar-refractivity contribution in [2.75, 3.05) is 23.7 Å². The monoisotopic (exact) mass is 293 g/mol. The van der Waals surface area contributed by atoms with E-state index in [4.69, 9.17) is 0 Å². The van der Waals surface area contributed by atoms with Crippen LogP contribution in [0, 0.1) is 10.1 Å². The van der Waals surface area contributed by atoms with Gasteiger partial charge in [-0.2, -0.15) is 0 Å². The summed E-state index contributed by atoms with van der Waals surface area (Å²) >= 11 is 0. The maximum atomic E-state index is 11.0. The fraction of sp³-hybridized carbons (Fsp3) is 0.600. The lowest BCUT2D eigenvalue weighted by Crippen LogP contribution is -2.33. The number of anilines is 2. The van der Waals surface area contributed by atoms with Gasteiger partial charge < -0.3 is 15.7 Å². The Kier molecular flexibility index (Phi) is 5.01. The summed E-state index contributed by atoms with van der Waals surface area (Å²) in [5, 5.41) is 27.6. The molecule has 0 amide bonds. The van der Waals surface area contributed by atoms with Crippen molar-refractivity contribution < 1.29 is 10.0 Å². The van der Waals surface area contributed by atoms with Crippen molar-refractivity contribution in [3.63, 3.8) is 0 Å². The van der Waals surface area contributed by atoms with E-state index >= 15 is 0 Å². The number of nitro groups is 1. The maximum absolute atomic E-state index is 11.0. The van der Waals surface area contributed by atoms with Crippen LogP contribution in [0.2, 0.25) is 0 Å². The third-order valence-electron chi connectivity index (χ3n) is 3.86. The van der Waals surface area contributed by atoms with Gasteiger partial charge in [-0.1, -0.05) is 19.8 Å². The van der Waals surface area contributed by atoms with Gasteiger partial charge in [0.2, 0.25) is 0 Å². The minimum Gasteiger partial charge on any atom is -0.388 e. The van der Waals surface area contributed by atoms with Crippen molar-refractivity contribution in [2.24, 2.45) is 0 Å². The van der Waals surface area contributed by atoms with Gasteiger partial charge in [0.05, 0.1) is 10.5 Å². The van der Waals surface area contributed by atoms with E-state index < -0.39 is 10.5 Å². The predicted molar refractivity (Wildman–Crippen MR) is 83.8 cm³/mol. The van der Waals surface area contributed by atoms with E-state index in [9.17, 15) is 15.2 Å². The molecule has 1 fully saturated rings. The van der Waals surface area contributed by atoms with Crippen LogP contribution in [0.15, 0.2) is 18.2 Å². The van der Waals surface area contributed by atoms with Crippen LogP contribution in [0.5, 0.6) is 0 Å². The van der Waals surface area contributed by atoms with E-state index in [1.165, 1.54) is 12.1 Å². The zero-order chi connectivity index (χ0) is 15.3. The van der Waals surface area contributed by atoms with Crippen LogP contribution in [0.1, 0.15) is 39.0 Å². The molecule has 0 saturated heterocycles. The second-order valence-electron chi connectivity index (χ2n) is 5.74. The van der Waals surface area contributed by atoms with Crippen molar-refractivity contribution in [3.05, 3.63) is 28.3 Å². The van der Waals surface area contributed by atoms with Crippen molar-refractivity contribution in [1.29, 1.82) is 0 Å². The number of non-ortho nitro benzene ring substituents is 1. The Hall–Kier alpha value is -1.82. The van der Waals surface area contributed by atoms with Gasteiger partial charge in [-0.3, -0.25) is 10.1 Å². The van der Waals surface area contributed by atoms with Crippen LogP contribution in [0.25, 0.3) is 0 Å². The molecule has 3 N–H and O–H groups in total. The van der Waals surface area contributed by atoms with Crippen molar-refractivity contribution in [2.45, 2.75) is 44.6 Å². The standard InChI is InChI=1S/C15H23N3O3/c1-2-7-16-12-8-13(10-14(9-12)18(20)21)17-11-15(19)5-3-4-6-15/h8-10,16-17,19H,2-7,11H2,1H3. The largest absolute Gasteiger partial charge is 0.388 e. The molecule has 0 aliphatic heterocycles. The van der Waals surface area contributed by atoms with Gasteiger partial charge in [-0.25, -0.2) is 0 Å². The van der Waals surface area contributed by atoms with Gasteiger partial charge in [0.1, 0.15) is 0 Å². The van der Waals surface area contributed by atoms with E-state index in [0.29, 0.717) is 12.2 Å². The summed E-state index contributed by atoms with van der Waals surface area (Å²) in [7, 11) is 0. The summed E-state index contributed by atoms with van der Waals surface area (Å²) in [6.45, 7) is 3.24. The van der Waals surface area contributed by atoms with E-state index in [1.54, 1.807) is 0 Å². The smallest absolute Gasteiger partial charge is 0.273 e. The molecule has 1 aliphatic carbocycles. The molecule has 1 aromatic rings. The number of rotatable bonds is 7. The summed E-state index contributed by atoms with van der Waals surface area (Å²) in [6.07, 6.45) is 4.60. The fourth-order valence-corrected chi connectivity index (χ4v) is 2.67. The number of hydrogen-bond acceptors (Lipinski definition) is 5. The third kappa shape index (κ3) is 4.32. The average Bonchev–Trinajstić information content (AvgIpc) is 2.90. The number of nitrogens with one attached hydrogen (secondary N) is 2. The summed E-state index contributed by atoms with van der Waals surface area (Å²) < 4.78 is 0. The second kappa shape index (κ2) is 6.76. The lowest BCUT2D eigenvalue weighted by atomic mass is 10.0. The lowest BCUT2D eigenvalue weighted by molar-refractivity contribution is -0.384. The molecule has 0 bridgehead atoms. The average molecular weight is 293 g/mol. The first kappa shape index (κ1) is 15.6. The van der Waals surface area contributed by atoms with Crippen LogP contribution in [-0.2, 0) is 0 Å². The van der Waals surface area contributed by atoms with E-state index in [1.807, 2.05) is 13.0 Å². The maximum Gasteiger partial charge on any atom is 0.273 e. The van der Waals surface area contributed by atoms with Gasteiger partial charge >= 0.3 is 0 Å². The van der Waals surface area contributed by atoms with Crippen molar-refractivity contribution in [3.8, 4) is 0 Å². The first-order chi connectivity index (χ1) is 10.0. The molecular weight excluding hydrogens is 270 g/mol. The minimum atomic E-state index is -0.679. The molecule has 0 unspecified atom stereocenters. The number of hydrogen-bond donors (Lipinski definition) is 3. The van der Waals surface area contributed by atoms with Gasteiger partial charge in [0, 0.05) is 36.6 Å². The van der Waals surface area contributed by atoms with Crippen LogP contribution >= 0.6 is 0 Å². The number of nitrogens with zero attached hydrogens (tertiary/aromatic N) is 1. The number of nitro benzene ring substituents is 1.